The number of fused-ring (bicyclic) bond motifs is 1. The number of alkyl carbamates (subject to hydrolysis) is 1. The zero-order valence-corrected chi connectivity index (χ0v) is 10.3. The first kappa shape index (κ1) is 10.1. The number of ether oxygens (including phenoxy) is 1. The van der Waals surface area contributed by atoms with Crippen molar-refractivity contribution >= 4 is 22.0 Å². The van der Waals surface area contributed by atoms with Crippen LogP contribution in [-0.4, -0.2) is 18.2 Å². The minimum Gasteiger partial charge on any atom is -0.447 e. The number of hydrogen-bond donors (Lipinski definition) is 1. The number of halogens is 1. The van der Waals surface area contributed by atoms with Crippen molar-refractivity contribution in [1.29, 1.82) is 0 Å². The van der Waals surface area contributed by atoms with Gasteiger partial charge < -0.3 is 10.1 Å². The van der Waals surface area contributed by atoms with Gasteiger partial charge in [-0.1, -0.05) is 22.0 Å². The third-order valence-electron chi connectivity index (χ3n) is 3.42. The summed E-state index contributed by atoms with van der Waals surface area (Å²) in [6.45, 7) is 0.501. The van der Waals surface area contributed by atoms with Crippen molar-refractivity contribution in [2.24, 2.45) is 0 Å². The van der Waals surface area contributed by atoms with Crippen LogP contribution in [0, 0.1) is 0 Å². The van der Waals surface area contributed by atoms with Gasteiger partial charge in [0.05, 0.1) is 5.54 Å². The number of cyclic esters (lactones) is 1. The van der Waals surface area contributed by atoms with Gasteiger partial charge >= 0.3 is 6.09 Å². The van der Waals surface area contributed by atoms with Crippen molar-refractivity contribution in [3.05, 3.63) is 33.8 Å². The van der Waals surface area contributed by atoms with Crippen LogP contribution in [0.2, 0.25) is 0 Å². The molecule has 3 nitrogen and oxygen atoms in total. The highest BCUT2D eigenvalue weighted by atomic mass is 79.9. The zero-order valence-electron chi connectivity index (χ0n) is 8.75. The van der Waals surface area contributed by atoms with Crippen LogP contribution in [0.25, 0.3) is 0 Å². The van der Waals surface area contributed by atoms with Crippen molar-refractivity contribution < 1.29 is 9.53 Å². The minimum absolute atomic E-state index is 0.155. The molecular weight excluding hydrogens is 270 g/mol. The monoisotopic (exact) mass is 281 g/mol. The molecule has 0 unspecified atom stereocenters. The van der Waals surface area contributed by atoms with Crippen LogP contribution in [-0.2, 0) is 17.6 Å². The Balaban J connectivity index is 1.92. The standard InChI is InChI=1S/C12H12BrNO2/c13-10-2-1-9-6-12(4-3-8(9)5-10)7-16-11(15)14-12/h1-2,5H,3-4,6-7H2,(H,14,15)/t12-/m0/s1. The fraction of sp³-hybridized carbons (Fsp3) is 0.417. The van der Waals surface area contributed by atoms with E-state index in [1.54, 1.807) is 0 Å². The van der Waals surface area contributed by atoms with Crippen LogP contribution in [0.3, 0.4) is 0 Å². The van der Waals surface area contributed by atoms with E-state index in [2.05, 4.69) is 39.4 Å². The van der Waals surface area contributed by atoms with Gasteiger partial charge in [0.1, 0.15) is 6.61 Å². The second-order valence-electron chi connectivity index (χ2n) is 4.57. The molecule has 4 heteroatoms. The first-order chi connectivity index (χ1) is 7.67. The fourth-order valence-electron chi connectivity index (χ4n) is 2.55. The van der Waals surface area contributed by atoms with Crippen LogP contribution in [0.1, 0.15) is 17.5 Å². The lowest BCUT2D eigenvalue weighted by Gasteiger charge is -2.32. The van der Waals surface area contributed by atoms with E-state index in [0.29, 0.717) is 6.61 Å². The summed E-state index contributed by atoms with van der Waals surface area (Å²) in [6.07, 6.45) is 2.56. The first-order valence-corrected chi connectivity index (χ1v) is 6.18. The number of nitrogens with one attached hydrogen (secondary N) is 1. The quantitative estimate of drug-likeness (QED) is 0.793. The molecule has 1 aromatic rings. The van der Waals surface area contributed by atoms with E-state index in [0.717, 1.165) is 23.7 Å². The Labute approximate surface area is 102 Å². The number of aryl methyl sites for hydroxylation is 1. The normalized spacial score (nSPS) is 27.4. The lowest BCUT2D eigenvalue weighted by molar-refractivity contribution is 0.170. The van der Waals surface area contributed by atoms with E-state index >= 15 is 0 Å². The predicted molar refractivity (Wildman–Crippen MR) is 63.4 cm³/mol. The average molecular weight is 282 g/mol. The highest BCUT2D eigenvalue weighted by Gasteiger charge is 2.41. The minimum atomic E-state index is -0.277. The Kier molecular flexibility index (Phi) is 2.21. The molecule has 3 rings (SSSR count). The van der Waals surface area contributed by atoms with Gasteiger partial charge in [-0.15, -0.1) is 0 Å². The molecule has 0 saturated carbocycles. The first-order valence-electron chi connectivity index (χ1n) is 5.39. The molecule has 2 aliphatic rings. The lowest BCUT2D eigenvalue weighted by atomic mass is 9.79. The summed E-state index contributed by atoms with van der Waals surface area (Å²) in [4.78, 5) is 11.1. The molecule has 1 saturated heterocycles. The maximum atomic E-state index is 11.1. The molecule has 1 heterocycles. The van der Waals surface area contributed by atoms with Gasteiger partial charge in [0.2, 0.25) is 0 Å². The van der Waals surface area contributed by atoms with Gasteiger partial charge in [0, 0.05) is 4.47 Å². The van der Waals surface area contributed by atoms with Crippen LogP contribution in [0.15, 0.2) is 22.7 Å². The van der Waals surface area contributed by atoms with Crippen molar-refractivity contribution in [2.75, 3.05) is 6.61 Å². The van der Waals surface area contributed by atoms with Crippen molar-refractivity contribution in [3.63, 3.8) is 0 Å². The Bertz CT molecular complexity index is 460. The maximum Gasteiger partial charge on any atom is 0.407 e. The highest BCUT2D eigenvalue weighted by Crippen LogP contribution is 2.32. The van der Waals surface area contributed by atoms with E-state index in [4.69, 9.17) is 4.74 Å². The summed E-state index contributed by atoms with van der Waals surface area (Å²) < 4.78 is 6.14. The molecule has 1 spiro atoms. The Morgan fingerprint density at radius 1 is 1.38 bits per heavy atom. The smallest absolute Gasteiger partial charge is 0.407 e. The summed E-state index contributed by atoms with van der Waals surface area (Å²) in [5.41, 5.74) is 2.54. The molecule has 0 bridgehead atoms. The third-order valence-corrected chi connectivity index (χ3v) is 3.91. The van der Waals surface area contributed by atoms with Crippen LogP contribution >= 0.6 is 15.9 Å². The van der Waals surface area contributed by atoms with Gasteiger partial charge in [0.15, 0.2) is 0 Å². The van der Waals surface area contributed by atoms with Gasteiger partial charge in [-0.2, -0.15) is 0 Å². The van der Waals surface area contributed by atoms with Crippen LogP contribution in [0.4, 0.5) is 4.79 Å². The third kappa shape index (κ3) is 1.61. The molecule has 1 aliphatic heterocycles. The van der Waals surface area contributed by atoms with Gasteiger partial charge in [-0.25, -0.2) is 4.79 Å². The number of rotatable bonds is 0. The molecule has 16 heavy (non-hydrogen) atoms. The number of amides is 1. The van der Waals surface area contributed by atoms with Crippen LogP contribution < -0.4 is 5.32 Å². The summed E-state index contributed by atoms with van der Waals surface area (Å²) >= 11 is 3.48. The summed E-state index contributed by atoms with van der Waals surface area (Å²) in [6, 6.07) is 6.35. The highest BCUT2D eigenvalue weighted by molar-refractivity contribution is 9.10. The van der Waals surface area contributed by atoms with E-state index in [9.17, 15) is 4.79 Å². The number of carbonyl (C=O) groups is 1. The van der Waals surface area contributed by atoms with E-state index < -0.39 is 0 Å². The molecule has 1 atom stereocenters. The SMILES string of the molecule is O=C1N[C@]2(CCc3cc(Br)ccc3C2)CO1. The number of hydrogen-bond acceptors (Lipinski definition) is 2. The maximum absolute atomic E-state index is 11.1. The number of benzene rings is 1. The van der Waals surface area contributed by atoms with Crippen LogP contribution in [0.5, 0.6) is 0 Å². The largest absolute Gasteiger partial charge is 0.447 e. The number of carbonyl (C=O) groups excluding carboxylic acids is 1. The second kappa shape index (κ2) is 3.48. The average Bonchev–Trinajstić information content (AvgIpc) is 2.61. The molecule has 0 radical (unpaired) electrons. The van der Waals surface area contributed by atoms with Crippen molar-refractivity contribution in [2.45, 2.75) is 24.8 Å². The second-order valence-corrected chi connectivity index (χ2v) is 5.49. The Morgan fingerprint density at radius 2 is 2.25 bits per heavy atom. The Hall–Kier alpha value is -1.03. The molecule has 1 aromatic carbocycles. The molecule has 1 amide bonds. The van der Waals surface area contributed by atoms with E-state index in [-0.39, 0.29) is 11.6 Å². The summed E-state index contributed by atoms with van der Waals surface area (Å²) in [5.74, 6) is 0. The topological polar surface area (TPSA) is 38.3 Å². The zero-order chi connectivity index (χ0) is 11.2. The van der Waals surface area contributed by atoms with Gasteiger partial charge in [-0.3, -0.25) is 0 Å². The summed E-state index contributed by atoms with van der Waals surface area (Å²) in [5, 5.41) is 2.95. The fourth-order valence-corrected chi connectivity index (χ4v) is 2.96. The summed E-state index contributed by atoms with van der Waals surface area (Å²) in [7, 11) is 0. The van der Waals surface area contributed by atoms with E-state index in [1.807, 2.05) is 0 Å². The van der Waals surface area contributed by atoms with Crippen molar-refractivity contribution in [1.82, 2.24) is 5.32 Å². The Morgan fingerprint density at radius 3 is 3.00 bits per heavy atom. The molecule has 1 aliphatic carbocycles. The lowest BCUT2D eigenvalue weighted by Crippen LogP contribution is -2.48. The molecule has 84 valence electrons. The van der Waals surface area contributed by atoms with Crippen molar-refractivity contribution in [3.8, 4) is 0 Å². The predicted octanol–water partition coefficient (Wildman–Crippen LogP) is 2.42. The molecule has 1 N–H and O–H groups in total. The molecule has 0 aromatic heterocycles. The van der Waals surface area contributed by atoms with Gasteiger partial charge in [-0.05, 0) is 42.5 Å². The van der Waals surface area contributed by atoms with Gasteiger partial charge in [0.25, 0.3) is 0 Å². The van der Waals surface area contributed by atoms with E-state index in [1.165, 1.54) is 11.1 Å². The molecular formula is C12H12BrNO2. The molecule has 1 fully saturated rings.